The van der Waals surface area contributed by atoms with E-state index in [1.54, 1.807) is 104 Å². The number of cyclic esters (lactones) is 1. The Hall–Kier alpha value is -9.14. The molecule has 16 heteroatoms. The van der Waals surface area contributed by atoms with Crippen LogP contribution in [0.2, 0.25) is 0 Å². The van der Waals surface area contributed by atoms with Crippen LogP contribution in [0.25, 0.3) is 0 Å². The van der Waals surface area contributed by atoms with Gasteiger partial charge in [0.05, 0.1) is 48.4 Å². The zero-order chi connectivity index (χ0) is 52.9. The van der Waals surface area contributed by atoms with Gasteiger partial charge in [-0.05, 0) is 88.5 Å². The average Bonchev–Trinajstić information content (AvgIpc) is 4.13. The minimum absolute atomic E-state index is 0.0265. The van der Waals surface area contributed by atoms with Crippen molar-refractivity contribution in [2.24, 2.45) is 5.92 Å². The molecule has 7 aromatic rings. The Morgan fingerprint density at radius 1 is 0.789 bits per heavy atom. The Kier molecular flexibility index (Phi) is 14.4. The van der Waals surface area contributed by atoms with Gasteiger partial charge in [0.1, 0.15) is 42.3 Å². The first kappa shape index (κ1) is 50.4. The number of morpholine rings is 1. The molecule has 3 heterocycles. The third kappa shape index (κ3) is 9.39. The lowest BCUT2D eigenvalue weighted by molar-refractivity contribution is -0.384. The van der Waals surface area contributed by atoms with Crippen LogP contribution in [0.3, 0.4) is 0 Å². The van der Waals surface area contributed by atoms with E-state index in [2.05, 4.69) is 17.2 Å². The summed E-state index contributed by atoms with van der Waals surface area (Å²) in [7, 11) is 1.56. The number of para-hydroxylation sites is 1. The van der Waals surface area contributed by atoms with Crippen molar-refractivity contribution in [2.75, 3.05) is 31.8 Å². The molecule has 10 rings (SSSR count). The van der Waals surface area contributed by atoms with Gasteiger partial charge in [0.25, 0.3) is 5.69 Å². The first-order valence-corrected chi connectivity index (χ1v) is 24.5. The molecule has 7 atom stereocenters. The van der Waals surface area contributed by atoms with Crippen molar-refractivity contribution in [1.82, 2.24) is 10.2 Å². The second-order valence-electron chi connectivity index (χ2n) is 18.4. The Morgan fingerprint density at radius 3 is 2.09 bits per heavy atom. The van der Waals surface area contributed by atoms with E-state index in [-0.39, 0.29) is 42.4 Å². The van der Waals surface area contributed by atoms with E-state index in [9.17, 15) is 20.3 Å². The van der Waals surface area contributed by atoms with E-state index in [0.717, 1.165) is 4.90 Å². The lowest BCUT2D eigenvalue weighted by Gasteiger charge is -2.46. The maximum atomic E-state index is 16.8. The molecule has 1 spiro atoms. The van der Waals surface area contributed by atoms with Gasteiger partial charge in [-0.2, -0.15) is 0 Å². The highest BCUT2D eigenvalue weighted by Crippen LogP contribution is 2.66. The number of rotatable bonds is 14. The van der Waals surface area contributed by atoms with Crippen molar-refractivity contribution in [3.8, 4) is 23.3 Å². The van der Waals surface area contributed by atoms with Crippen molar-refractivity contribution in [1.29, 1.82) is 0 Å². The number of aliphatic hydroxyl groups is 2. The number of nitro groups is 1. The van der Waals surface area contributed by atoms with Gasteiger partial charge in [-0.3, -0.25) is 29.4 Å². The predicted octanol–water partition coefficient (Wildman–Crippen LogP) is 8.23. The van der Waals surface area contributed by atoms with Crippen LogP contribution in [0.1, 0.15) is 68.8 Å². The summed E-state index contributed by atoms with van der Waals surface area (Å²) in [5, 5.41) is 36.1. The summed E-state index contributed by atoms with van der Waals surface area (Å²) in [5.41, 5.74) is 1.21. The van der Waals surface area contributed by atoms with Crippen LogP contribution in [0.5, 0.6) is 11.5 Å². The fourth-order valence-corrected chi connectivity index (χ4v) is 10.8. The summed E-state index contributed by atoms with van der Waals surface area (Å²) >= 11 is 0. The lowest BCUT2D eigenvalue weighted by atomic mass is 9.65. The summed E-state index contributed by atoms with van der Waals surface area (Å²) in [6.45, 7) is -1.31. The number of amides is 3. The first-order valence-electron chi connectivity index (χ1n) is 24.5. The lowest BCUT2D eigenvalue weighted by Crippen LogP contribution is -2.56. The van der Waals surface area contributed by atoms with Crippen molar-refractivity contribution >= 4 is 35.3 Å². The fraction of sp³-hybridized carbons (Fsp3) is 0.200. The number of non-ortho nitro benzene ring substituents is 1. The quantitative estimate of drug-likeness (QED) is 0.0407. The number of imide groups is 1. The van der Waals surface area contributed by atoms with Crippen LogP contribution < -0.4 is 19.7 Å². The molecule has 0 bridgehead atoms. The van der Waals surface area contributed by atoms with Crippen LogP contribution in [0.4, 0.5) is 16.2 Å². The number of methoxy groups -OCH3 is 1. The van der Waals surface area contributed by atoms with Crippen molar-refractivity contribution in [3.63, 3.8) is 0 Å². The molecule has 0 radical (unpaired) electrons. The summed E-state index contributed by atoms with van der Waals surface area (Å²) < 4.78 is 24.1. The maximum Gasteiger partial charge on any atom is 0.421 e. The van der Waals surface area contributed by atoms with Gasteiger partial charge in [-0.25, -0.2) is 9.69 Å². The minimum Gasteiger partial charge on any atom is -0.497 e. The molecular weight excluding hydrogens is 969 g/mol. The Morgan fingerprint density at radius 2 is 1.42 bits per heavy atom. The number of hydrogen-bond donors (Lipinski definition) is 3. The molecule has 0 aliphatic carbocycles. The van der Waals surface area contributed by atoms with E-state index >= 15 is 19.2 Å². The van der Waals surface area contributed by atoms with Crippen molar-refractivity contribution in [2.45, 2.75) is 42.4 Å². The SMILES string of the molecule is COc1ccc(C#Cc2ccc3c(c2)[C@]2(C(=O)N3C(=O)OCc3ccc([N+](=O)[O-])cc3)[C@H](C(=O)NC[C@H](O)c3ccccc3)[C@H]3C(=O)O[C@H](c4ccccc4)[C@H](c4ccccc4)N3[C@@H]2c2ccccc2OCCO)cc1. The molecule has 0 saturated carbocycles. The molecule has 2 fully saturated rings. The molecule has 3 N–H and O–H groups in total. The van der Waals surface area contributed by atoms with Gasteiger partial charge in [0.15, 0.2) is 0 Å². The highest BCUT2D eigenvalue weighted by molar-refractivity contribution is 6.23. The Bertz CT molecular complexity index is 3350. The second-order valence-corrected chi connectivity index (χ2v) is 18.4. The summed E-state index contributed by atoms with van der Waals surface area (Å²) in [4.78, 5) is 76.9. The number of ether oxygens (including phenoxy) is 4. The molecule has 0 unspecified atom stereocenters. The summed E-state index contributed by atoms with van der Waals surface area (Å²) in [6.07, 6.45) is -3.40. The first-order chi connectivity index (χ1) is 37.0. The van der Waals surface area contributed by atoms with E-state index in [0.29, 0.717) is 44.7 Å². The molecule has 2 saturated heterocycles. The average molecular weight is 1020 g/mol. The number of nitro benzene ring substituents is 1. The van der Waals surface area contributed by atoms with E-state index in [1.165, 1.54) is 24.3 Å². The van der Waals surface area contributed by atoms with Crippen LogP contribution in [-0.2, 0) is 35.9 Å². The molecule has 7 aromatic carbocycles. The number of nitrogens with one attached hydrogen (secondary N) is 1. The number of hydrogen-bond acceptors (Lipinski definition) is 13. The number of fused-ring (bicyclic) bond motifs is 3. The third-order valence-corrected chi connectivity index (χ3v) is 14.1. The Labute approximate surface area is 437 Å². The molecule has 3 amide bonds. The van der Waals surface area contributed by atoms with Crippen LogP contribution in [-0.4, -0.2) is 76.8 Å². The highest BCUT2D eigenvalue weighted by atomic mass is 16.6. The molecule has 16 nitrogen and oxygen atoms in total. The number of esters is 1. The fourth-order valence-electron chi connectivity index (χ4n) is 10.8. The number of nitrogens with zero attached hydrogens (tertiary/aromatic N) is 3. The van der Waals surface area contributed by atoms with Gasteiger partial charge < -0.3 is 34.5 Å². The van der Waals surface area contributed by atoms with E-state index in [4.69, 9.17) is 18.9 Å². The normalized spacial score (nSPS) is 20.8. The molecular formula is C60H50N4O12. The monoisotopic (exact) mass is 1020 g/mol. The van der Waals surface area contributed by atoms with Crippen molar-refractivity contribution < 1.29 is 53.3 Å². The van der Waals surface area contributed by atoms with Crippen molar-refractivity contribution in [3.05, 3.63) is 237 Å². The zero-order valence-corrected chi connectivity index (χ0v) is 40.9. The molecule has 3 aliphatic heterocycles. The van der Waals surface area contributed by atoms with Crippen LogP contribution >= 0.6 is 0 Å². The summed E-state index contributed by atoms with van der Waals surface area (Å²) in [6, 6.07) is 47.3. The van der Waals surface area contributed by atoms with E-state index < -0.39 is 77.1 Å². The highest BCUT2D eigenvalue weighted by Gasteiger charge is 2.76. The number of benzene rings is 7. The largest absolute Gasteiger partial charge is 0.497 e. The third-order valence-electron chi connectivity index (χ3n) is 14.1. The van der Waals surface area contributed by atoms with Gasteiger partial charge in [0.2, 0.25) is 11.8 Å². The maximum absolute atomic E-state index is 16.8. The molecule has 3 aliphatic rings. The van der Waals surface area contributed by atoms with E-state index in [1.807, 2.05) is 65.6 Å². The van der Waals surface area contributed by atoms with Crippen LogP contribution in [0, 0.1) is 27.9 Å². The smallest absolute Gasteiger partial charge is 0.421 e. The minimum atomic E-state index is -2.26. The van der Waals surface area contributed by atoms with Gasteiger partial charge in [-0.1, -0.05) is 121 Å². The number of aliphatic hydroxyl groups excluding tert-OH is 2. The number of carbonyl (C=O) groups is 4. The number of anilines is 1. The molecule has 382 valence electrons. The molecule has 0 aromatic heterocycles. The number of carbonyl (C=O) groups excluding carboxylic acids is 4. The van der Waals surface area contributed by atoms with Crippen LogP contribution in [0.15, 0.2) is 182 Å². The van der Waals surface area contributed by atoms with Gasteiger partial charge in [0, 0.05) is 35.4 Å². The summed E-state index contributed by atoms with van der Waals surface area (Å²) in [5.74, 6) is 2.88. The molecule has 76 heavy (non-hydrogen) atoms. The zero-order valence-electron chi connectivity index (χ0n) is 40.9. The Balaban J connectivity index is 1.24. The van der Waals surface area contributed by atoms with Gasteiger partial charge in [-0.15, -0.1) is 0 Å². The second kappa shape index (κ2) is 21.8. The topological polar surface area (TPSA) is 207 Å². The van der Waals surface area contributed by atoms with Gasteiger partial charge >= 0.3 is 12.1 Å². The standard InChI is InChI=1S/C60H50N4O12/c1-73-45-30-25-38(26-31-45)21-22-39-27-32-48-47(35-39)60(58(69)62(48)59(70)75-37-40-23-28-44(29-24-40)64(71)72)51(56(67)61-36-49(66)41-13-5-2-6-14-41)53-57(68)76-54(43-17-9-4-10-18-43)52(42-15-7-3-8-16-42)63(53)55(60)46-19-11-12-20-50(46)74-34-33-65/h2-20,23-32,35,49,51-55,65-66H,33-34,36-37H2,1H3,(H,61,67)/t49-,51-,52-,53-,54+,55+,60-/m0/s1. The predicted molar refractivity (Wildman–Crippen MR) is 278 cm³/mol.